The van der Waals surface area contributed by atoms with Crippen LogP contribution in [-0.4, -0.2) is 173 Å². The lowest BCUT2D eigenvalue weighted by Gasteiger charge is -2.15. The average molecular weight is 1510 g/mol. The number of aromatic nitrogens is 2. The third-order valence-electron chi connectivity index (χ3n) is 13.1. The van der Waals surface area contributed by atoms with Crippen LogP contribution in [0.3, 0.4) is 0 Å². The van der Waals surface area contributed by atoms with E-state index in [4.69, 9.17) is 92.1 Å². The van der Waals surface area contributed by atoms with E-state index in [9.17, 15) is 53.7 Å². The third kappa shape index (κ3) is 30.0. The molecule has 0 saturated carbocycles. The van der Waals surface area contributed by atoms with Crippen molar-refractivity contribution in [3.63, 3.8) is 0 Å². The molecular formula is C68H80BrCl3N4O23. The van der Waals surface area contributed by atoms with Crippen LogP contribution >= 0.6 is 50.7 Å². The fourth-order valence-corrected chi connectivity index (χ4v) is 9.03. The van der Waals surface area contributed by atoms with Gasteiger partial charge in [-0.2, -0.15) is 4.98 Å². The molecule has 8 N–H and O–H groups in total. The molecule has 3 aliphatic heterocycles. The average Bonchev–Trinajstić information content (AvgIpc) is 0.774. The number of fused-ring (bicyclic) bond motifs is 2. The molecule has 0 aromatic heterocycles. The van der Waals surface area contributed by atoms with Crippen LogP contribution in [0, 0.1) is 0 Å². The van der Waals surface area contributed by atoms with Gasteiger partial charge in [0.25, 0.3) is 17.4 Å². The van der Waals surface area contributed by atoms with E-state index in [2.05, 4.69) is 25.9 Å². The molecule has 3 aliphatic rings. The zero-order valence-electron chi connectivity index (χ0n) is 55.0. The molecule has 5 aromatic rings. The van der Waals surface area contributed by atoms with E-state index in [1.54, 1.807) is 65.9 Å². The van der Waals surface area contributed by atoms with Gasteiger partial charge in [-0.25, -0.2) is 9.59 Å². The summed E-state index contributed by atoms with van der Waals surface area (Å²) in [6.45, 7) is 5.55. The van der Waals surface area contributed by atoms with Crippen molar-refractivity contribution in [2.75, 3.05) is 100 Å². The maximum Gasteiger partial charge on any atom is 0.351 e. The summed E-state index contributed by atoms with van der Waals surface area (Å²) in [5, 5.41) is 52.7. The molecule has 4 amide bonds. The SMILES string of the molecule is COCCCCBr.COCCCCOc1ccc(C=C2C(=O)NC(=O)NC2=O)c(O)c1Cl.COCCCCOc1ccc(C=O)c(O)c1.COCCCCOc1ccc(C=O)c(O)c1Cl.COCCCCOc1ccc2cc3c(=O)[nH]c(=O)nc-3oc2c1Cl.O=Cc1ccc(O)cc1O. The Morgan fingerprint density at radius 2 is 0.899 bits per heavy atom. The number of rotatable bonds is 32. The number of carbonyl (C=O) groups excluding carboxylic acids is 6. The van der Waals surface area contributed by atoms with Gasteiger partial charge in [-0.15, -0.1) is 0 Å². The van der Waals surface area contributed by atoms with Gasteiger partial charge in [0.2, 0.25) is 5.89 Å². The highest BCUT2D eigenvalue weighted by Gasteiger charge is 2.28. The van der Waals surface area contributed by atoms with Crippen molar-refractivity contribution >= 4 is 104 Å². The second-order valence-electron chi connectivity index (χ2n) is 20.5. The molecule has 8 rings (SSSR count). The van der Waals surface area contributed by atoms with Crippen molar-refractivity contribution in [2.24, 2.45) is 0 Å². The molecule has 99 heavy (non-hydrogen) atoms. The third-order valence-corrected chi connectivity index (χ3v) is 14.7. The van der Waals surface area contributed by atoms with Crippen molar-refractivity contribution in [2.45, 2.75) is 64.2 Å². The maximum atomic E-state index is 11.8. The summed E-state index contributed by atoms with van der Waals surface area (Å²) in [7, 11) is 8.31. The lowest BCUT2D eigenvalue weighted by atomic mass is 10.1. The number of aldehydes is 3. The fourth-order valence-electron chi connectivity index (χ4n) is 7.92. The van der Waals surface area contributed by atoms with Gasteiger partial charge in [0.1, 0.15) is 78.0 Å². The van der Waals surface area contributed by atoms with Crippen LogP contribution in [0.4, 0.5) is 4.79 Å². The van der Waals surface area contributed by atoms with Crippen LogP contribution < -0.4 is 40.8 Å². The van der Waals surface area contributed by atoms with Crippen molar-refractivity contribution in [3.05, 3.63) is 143 Å². The fraction of sp³-hybridized carbons (Fsp3) is 0.368. The van der Waals surface area contributed by atoms with Gasteiger partial charge in [0, 0.05) is 97.0 Å². The summed E-state index contributed by atoms with van der Waals surface area (Å²) in [5.41, 5.74) is -0.387. The van der Waals surface area contributed by atoms with Crippen LogP contribution in [0.15, 0.2) is 98.4 Å². The Hall–Kier alpha value is -8.84. The predicted octanol–water partition coefficient (Wildman–Crippen LogP) is 11.4. The monoisotopic (exact) mass is 1500 g/mol. The number of methoxy groups -OCH3 is 5. The highest BCUT2D eigenvalue weighted by atomic mass is 79.9. The smallest absolute Gasteiger partial charge is 0.351 e. The van der Waals surface area contributed by atoms with Crippen molar-refractivity contribution < 1.29 is 101 Å². The molecule has 0 unspecified atom stereocenters. The number of phenolic OH excluding ortho intramolecular Hbond substituents is 5. The Kier molecular flexibility index (Phi) is 40.9. The summed E-state index contributed by atoms with van der Waals surface area (Å²) < 4.78 is 52.1. The molecule has 31 heteroatoms. The Balaban J connectivity index is 0.000000322. The Bertz CT molecular complexity index is 3790. The van der Waals surface area contributed by atoms with Gasteiger partial charge in [0.05, 0.1) is 43.1 Å². The first-order chi connectivity index (χ1) is 47.7. The van der Waals surface area contributed by atoms with Gasteiger partial charge < -0.3 is 72.6 Å². The number of imide groups is 2. The van der Waals surface area contributed by atoms with Crippen molar-refractivity contribution in [1.29, 1.82) is 0 Å². The van der Waals surface area contributed by atoms with Crippen LogP contribution in [0.2, 0.25) is 15.1 Å². The van der Waals surface area contributed by atoms with E-state index >= 15 is 0 Å². The molecule has 1 saturated heterocycles. The zero-order chi connectivity index (χ0) is 73.1. The Morgan fingerprint density at radius 3 is 1.36 bits per heavy atom. The second kappa shape index (κ2) is 48.0. The highest BCUT2D eigenvalue weighted by molar-refractivity contribution is 9.09. The quantitative estimate of drug-likeness (QED) is 0.00485. The molecule has 3 heterocycles. The number of aromatic amines is 1. The number of phenols is 5. The number of aromatic hydroxyl groups is 5. The number of ether oxygens (including phenoxy) is 9. The Labute approximate surface area is 593 Å². The van der Waals surface area contributed by atoms with Gasteiger partial charge in [0.15, 0.2) is 24.4 Å². The Morgan fingerprint density at radius 1 is 0.485 bits per heavy atom. The van der Waals surface area contributed by atoms with Crippen LogP contribution in [0.5, 0.6) is 51.7 Å². The number of nitrogens with zero attached hydrogens (tertiary/aromatic N) is 1. The number of barbiturate groups is 1. The van der Waals surface area contributed by atoms with Crippen LogP contribution in [0.1, 0.15) is 101 Å². The number of amides is 4. The van der Waals surface area contributed by atoms with Gasteiger partial charge in [-0.1, -0.05) is 50.7 Å². The predicted molar refractivity (Wildman–Crippen MR) is 374 cm³/mol. The largest absolute Gasteiger partial charge is 0.508 e. The molecule has 1 fully saturated rings. The van der Waals surface area contributed by atoms with Crippen molar-refractivity contribution in [1.82, 2.24) is 20.6 Å². The molecule has 5 aromatic carbocycles. The summed E-state index contributed by atoms with van der Waals surface area (Å²) in [4.78, 5) is 94.4. The minimum atomic E-state index is -0.897. The molecule has 538 valence electrons. The number of nitrogens with one attached hydrogen (secondary N) is 3. The standard InChI is InChI=1S/C16H17ClN2O6.C16H15ClN2O5.C12H15ClO4.C12H16O4.C7H6O3.C5H11BrO/c1-24-6-2-3-7-25-11-5-4-9(13(20)12(11)17)8-10-14(21)18-16(23)19-15(10)22;1-22-6-2-3-7-23-11-5-4-9-8-10-14(20)18-16(21)19-15(10)24-13(9)12(11)17;1-16-6-2-3-7-17-10-5-4-9(8-14)12(15)11(10)13;1-15-6-2-3-7-16-11-5-4-10(9-13)12(14)8-11;8-4-5-1-2-6(9)3-7(5)10;1-7-5-3-2-4-6/h4-5,8,20H,2-3,6-7H2,1H3,(H2,18,19,21,22,23);4-5,8H,2-3,6-7H2,1H3,(H,18,20,21);4-5,8,15H,2-3,6-7H2,1H3;4-5,8-9,14H,2-3,6-7H2,1H3;1-4,9-10H;2-5H2,1H3. The van der Waals surface area contributed by atoms with E-state index < -0.39 is 29.1 Å². The summed E-state index contributed by atoms with van der Waals surface area (Å²) >= 11 is 21.6. The number of unbranched alkanes of at least 4 members (excludes halogenated alkanes) is 5. The lowest BCUT2D eigenvalue weighted by molar-refractivity contribution is -0.123. The zero-order valence-corrected chi connectivity index (χ0v) is 58.9. The van der Waals surface area contributed by atoms with E-state index in [0.717, 1.165) is 82.1 Å². The van der Waals surface area contributed by atoms with Gasteiger partial charge >= 0.3 is 11.7 Å². The number of H-pyrrole nitrogens is 1. The van der Waals surface area contributed by atoms with E-state index in [1.807, 2.05) is 10.6 Å². The number of alkyl halides is 1. The maximum absolute atomic E-state index is 11.8. The van der Waals surface area contributed by atoms with Gasteiger partial charge in [-0.05, 0) is 137 Å². The number of hydrogen-bond acceptors (Lipinski definition) is 24. The normalized spacial score (nSPS) is 11.3. The first kappa shape index (κ1) is 84.4. The minimum absolute atomic E-state index is 0.0335. The topological polar surface area (TPSA) is 387 Å². The van der Waals surface area contributed by atoms with Crippen LogP contribution in [-0.2, 0) is 33.3 Å². The van der Waals surface area contributed by atoms with Gasteiger partial charge in [-0.3, -0.25) is 44.4 Å². The number of hydrogen-bond donors (Lipinski definition) is 8. The highest BCUT2D eigenvalue weighted by Crippen LogP contribution is 2.39. The molecule has 0 atom stereocenters. The molecule has 0 spiro atoms. The number of urea groups is 1. The van der Waals surface area contributed by atoms with E-state index in [0.29, 0.717) is 93.3 Å². The summed E-state index contributed by atoms with van der Waals surface area (Å²) in [5.74, 6) is -0.948. The number of carbonyl (C=O) groups is 6. The first-order valence-corrected chi connectivity index (χ1v) is 32.7. The molecule has 0 bridgehead atoms. The number of halogens is 4. The molecule has 0 radical (unpaired) electrons. The second-order valence-corrected chi connectivity index (χ2v) is 22.4. The van der Waals surface area contributed by atoms with E-state index in [-0.39, 0.29) is 88.8 Å². The molecule has 27 nitrogen and oxygen atoms in total. The molecular weight excluding hydrogens is 1430 g/mol. The van der Waals surface area contributed by atoms with Crippen molar-refractivity contribution in [3.8, 4) is 63.2 Å². The summed E-state index contributed by atoms with van der Waals surface area (Å²) in [6.07, 6.45) is 12.1. The summed E-state index contributed by atoms with van der Waals surface area (Å²) in [6, 6.07) is 18.6. The van der Waals surface area contributed by atoms with Crippen LogP contribution in [0.25, 0.3) is 28.5 Å². The van der Waals surface area contributed by atoms with E-state index in [1.165, 1.54) is 55.3 Å². The minimum Gasteiger partial charge on any atom is -0.508 e. The molecule has 0 aliphatic carbocycles. The lowest BCUT2D eigenvalue weighted by Crippen LogP contribution is -2.51. The first-order valence-electron chi connectivity index (χ1n) is 30.5. The number of benzene rings is 5.